The number of aromatic nitrogens is 1. The van der Waals surface area contributed by atoms with Crippen molar-refractivity contribution in [2.24, 2.45) is 5.92 Å². The highest BCUT2D eigenvalue weighted by Gasteiger charge is 2.16. The Morgan fingerprint density at radius 3 is 2.83 bits per heavy atom. The second-order valence-electron chi connectivity index (χ2n) is 4.71. The maximum atomic E-state index is 4.24. The number of halogens is 1. The van der Waals surface area contributed by atoms with Gasteiger partial charge in [0.25, 0.3) is 0 Å². The van der Waals surface area contributed by atoms with Crippen LogP contribution >= 0.6 is 27.7 Å². The van der Waals surface area contributed by atoms with Crippen LogP contribution in [0.25, 0.3) is 0 Å². The Hall–Kier alpha value is -0.0600. The van der Waals surface area contributed by atoms with Crippen molar-refractivity contribution in [3.8, 4) is 0 Å². The summed E-state index contributed by atoms with van der Waals surface area (Å²) in [4.78, 5) is 4.24. The number of thioether (sulfide) groups is 1. The maximum Gasteiger partial charge on any atom is 0.0410 e. The molecule has 1 heterocycles. The predicted molar refractivity (Wildman–Crippen MR) is 85.3 cm³/mol. The number of pyridine rings is 1. The van der Waals surface area contributed by atoms with E-state index in [9.17, 15) is 0 Å². The van der Waals surface area contributed by atoms with Crippen molar-refractivity contribution in [1.82, 2.24) is 10.3 Å². The Bertz CT molecular complexity index is 346. The van der Waals surface area contributed by atoms with Gasteiger partial charge in [0.1, 0.15) is 0 Å². The number of hydrogen-bond acceptors (Lipinski definition) is 3. The van der Waals surface area contributed by atoms with Crippen molar-refractivity contribution in [3.63, 3.8) is 0 Å². The van der Waals surface area contributed by atoms with Gasteiger partial charge in [-0.2, -0.15) is 11.8 Å². The summed E-state index contributed by atoms with van der Waals surface area (Å²) in [5.74, 6) is 1.87. The molecule has 0 fully saturated rings. The van der Waals surface area contributed by atoms with Gasteiger partial charge in [0.2, 0.25) is 0 Å². The SMILES string of the molecule is CCCNC(Cc1cncc(Br)c1)C(C)CSC. The van der Waals surface area contributed by atoms with Gasteiger partial charge in [-0.3, -0.25) is 4.98 Å². The van der Waals surface area contributed by atoms with Gasteiger partial charge >= 0.3 is 0 Å². The molecule has 0 aliphatic carbocycles. The third-order valence-electron chi connectivity index (χ3n) is 2.99. The summed E-state index contributed by atoms with van der Waals surface area (Å²) >= 11 is 5.41. The Kier molecular flexibility index (Phi) is 7.95. The molecule has 0 saturated carbocycles. The van der Waals surface area contributed by atoms with Crippen LogP contribution in [0.3, 0.4) is 0 Å². The second-order valence-corrected chi connectivity index (χ2v) is 6.54. The molecule has 4 heteroatoms. The molecule has 0 spiro atoms. The van der Waals surface area contributed by atoms with Crippen molar-refractivity contribution in [2.75, 3.05) is 18.6 Å². The van der Waals surface area contributed by atoms with E-state index >= 15 is 0 Å². The first kappa shape index (κ1) is 16.0. The Balaban J connectivity index is 2.64. The van der Waals surface area contributed by atoms with Crippen LogP contribution in [0.1, 0.15) is 25.8 Å². The minimum absolute atomic E-state index is 0.536. The fourth-order valence-electron chi connectivity index (χ4n) is 2.00. The molecule has 2 atom stereocenters. The molecule has 18 heavy (non-hydrogen) atoms. The molecular weight excluding hydrogens is 308 g/mol. The fourth-order valence-corrected chi connectivity index (χ4v) is 3.18. The third-order valence-corrected chi connectivity index (χ3v) is 4.28. The van der Waals surface area contributed by atoms with Gasteiger partial charge in [0.15, 0.2) is 0 Å². The lowest BCUT2D eigenvalue weighted by atomic mass is 9.97. The average molecular weight is 331 g/mol. The largest absolute Gasteiger partial charge is 0.313 e. The van der Waals surface area contributed by atoms with E-state index in [1.165, 1.54) is 17.7 Å². The molecule has 0 bridgehead atoms. The van der Waals surface area contributed by atoms with Crippen LogP contribution < -0.4 is 5.32 Å². The van der Waals surface area contributed by atoms with Gasteiger partial charge in [0, 0.05) is 22.9 Å². The van der Waals surface area contributed by atoms with Crippen molar-refractivity contribution in [2.45, 2.75) is 32.7 Å². The zero-order chi connectivity index (χ0) is 13.4. The van der Waals surface area contributed by atoms with Crippen molar-refractivity contribution in [1.29, 1.82) is 0 Å². The summed E-state index contributed by atoms with van der Waals surface area (Å²) in [6, 6.07) is 2.70. The van der Waals surface area contributed by atoms with Crippen LogP contribution in [0.4, 0.5) is 0 Å². The van der Waals surface area contributed by atoms with Crippen LogP contribution in [0.5, 0.6) is 0 Å². The topological polar surface area (TPSA) is 24.9 Å². The lowest BCUT2D eigenvalue weighted by Gasteiger charge is -2.25. The number of nitrogens with one attached hydrogen (secondary N) is 1. The Labute approximate surface area is 123 Å². The molecule has 0 amide bonds. The quantitative estimate of drug-likeness (QED) is 0.785. The zero-order valence-corrected chi connectivity index (χ0v) is 13.9. The highest BCUT2D eigenvalue weighted by molar-refractivity contribution is 9.10. The molecule has 102 valence electrons. The average Bonchev–Trinajstić information content (AvgIpc) is 2.34. The van der Waals surface area contributed by atoms with Crippen LogP contribution in [0.15, 0.2) is 22.9 Å². The van der Waals surface area contributed by atoms with Crippen LogP contribution in [0, 0.1) is 5.92 Å². The van der Waals surface area contributed by atoms with Crippen molar-refractivity contribution >= 4 is 27.7 Å². The van der Waals surface area contributed by atoms with E-state index in [1.807, 2.05) is 24.2 Å². The highest BCUT2D eigenvalue weighted by Crippen LogP contribution is 2.16. The summed E-state index contributed by atoms with van der Waals surface area (Å²) < 4.78 is 1.06. The van der Waals surface area contributed by atoms with E-state index in [4.69, 9.17) is 0 Å². The van der Waals surface area contributed by atoms with Crippen LogP contribution in [0.2, 0.25) is 0 Å². The smallest absolute Gasteiger partial charge is 0.0410 e. The highest BCUT2D eigenvalue weighted by atomic mass is 79.9. The van der Waals surface area contributed by atoms with E-state index in [0.29, 0.717) is 12.0 Å². The van der Waals surface area contributed by atoms with Gasteiger partial charge in [-0.15, -0.1) is 0 Å². The van der Waals surface area contributed by atoms with Gasteiger partial charge in [-0.25, -0.2) is 0 Å². The first-order valence-corrected chi connectivity index (χ1v) is 8.67. The standard InChI is InChI=1S/C14H23BrN2S/c1-4-5-17-14(11(2)10-18-3)7-12-6-13(15)9-16-8-12/h6,8-9,11,14,17H,4-5,7,10H2,1-3H3. The molecule has 0 aliphatic heterocycles. The molecule has 2 unspecified atom stereocenters. The normalized spacial score (nSPS) is 14.4. The van der Waals surface area contributed by atoms with E-state index in [-0.39, 0.29) is 0 Å². The maximum absolute atomic E-state index is 4.24. The molecule has 1 N–H and O–H groups in total. The van der Waals surface area contributed by atoms with E-state index in [2.05, 4.69) is 52.4 Å². The molecule has 1 aromatic rings. The van der Waals surface area contributed by atoms with Gasteiger partial charge in [-0.1, -0.05) is 13.8 Å². The first-order chi connectivity index (χ1) is 8.67. The van der Waals surface area contributed by atoms with E-state index in [1.54, 1.807) is 0 Å². The van der Waals surface area contributed by atoms with E-state index < -0.39 is 0 Å². The van der Waals surface area contributed by atoms with Crippen LogP contribution in [-0.2, 0) is 6.42 Å². The molecule has 1 aromatic heterocycles. The van der Waals surface area contributed by atoms with Crippen molar-refractivity contribution < 1.29 is 0 Å². The molecular formula is C14H23BrN2S. The molecule has 0 radical (unpaired) electrons. The third kappa shape index (κ3) is 5.72. The number of nitrogens with zero attached hydrogens (tertiary/aromatic N) is 1. The summed E-state index contributed by atoms with van der Waals surface area (Å²) in [5.41, 5.74) is 1.30. The second kappa shape index (κ2) is 8.94. The minimum Gasteiger partial charge on any atom is -0.313 e. The Morgan fingerprint density at radius 1 is 1.44 bits per heavy atom. The Morgan fingerprint density at radius 2 is 2.22 bits per heavy atom. The van der Waals surface area contributed by atoms with Crippen molar-refractivity contribution in [3.05, 3.63) is 28.5 Å². The van der Waals surface area contributed by atoms with Gasteiger partial charge < -0.3 is 5.32 Å². The lowest BCUT2D eigenvalue weighted by molar-refractivity contribution is 0.402. The minimum atomic E-state index is 0.536. The predicted octanol–water partition coefficient (Wildman–Crippen LogP) is 3.75. The number of hydrogen-bond donors (Lipinski definition) is 1. The zero-order valence-electron chi connectivity index (χ0n) is 11.4. The van der Waals surface area contributed by atoms with E-state index in [0.717, 1.165) is 17.4 Å². The molecule has 0 aliphatic rings. The summed E-state index contributed by atoms with van der Waals surface area (Å²) in [6.07, 6.45) is 8.21. The summed E-state index contributed by atoms with van der Waals surface area (Å²) in [6.45, 7) is 5.63. The summed E-state index contributed by atoms with van der Waals surface area (Å²) in [7, 11) is 0. The molecule has 1 rings (SSSR count). The monoisotopic (exact) mass is 330 g/mol. The lowest BCUT2D eigenvalue weighted by Crippen LogP contribution is -2.38. The van der Waals surface area contributed by atoms with Crippen LogP contribution in [-0.4, -0.2) is 29.6 Å². The molecule has 0 aromatic carbocycles. The molecule has 2 nitrogen and oxygen atoms in total. The summed E-state index contributed by atoms with van der Waals surface area (Å²) in [5, 5.41) is 3.67. The fraction of sp³-hybridized carbons (Fsp3) is 0.643. The molecule has 0 saturated heterocycles. The van der Waals surface area contributed by atoms with Gasteiger partial charge in [0.05, 0.1) is 0 Å². The first-order valence-electron chi connectivity index (χ1n) is 6.49. The van der Waals surface area contributed by atoms with Gasteiger partial charge in [-0.05, 0) is 64.9 Å². The number of rotatable bonds is 8.